The molecule has 0 aliphatic rings. The molecule has 1 N–H and O–H groups in total. The van der Waals surface area contributed by atoms with Gasteiger partial charge in [0.05, 0.1) is 4.92 Å². The van der Waals surface area contributed by atoms with Gasteiger partial charge in [0.25, 0.3) is 0 Å². The average Bonchev–Trinajstić information content (AvgIpc) is 2.90. The number of carbonyl (C=O) groups excluding carboxylic acids is 1. The minimum Gasteiger partial charge on any atom is -0.322 e. The first-order valence-corrected chi connectivity index (χ1v) is 7.56. The van der Waals surface area contributed by atoms with Crippen molar-refractivity contribution in [2.75, 3.05) is 5.32 Å². The average molecular weight is 367 g/mol. The van der Waals surface area contributed by atoms with Crippen LogP contribution in [-0.2, 0) is 4.79 Å². The summed E-state index contributed by atoms with van der Waals surface area (Å²) in [6.07, 6.45) is 2.90. The van der Waals surface area contributed by atoms with Crippen LogP contribution in [0.2, 0.25) is 0 Å². The van der Waals surface area contributed by atoms with E-state index in [1.165, 1.54) is 12.1 Å². The molecule has 1 aromatic carbocycles. The standard InChI is InChI=1S/C14H11BrN2O3S/c1-9-2-3-10(8-12(9)15)16-13(18)6-4-11-5-7-14(21-11)17(19)20/h2-8H,1H3,(H,16,18)/b6-4+. The van der Waals surface area contributed by atoms with Crippen molar-refractivity contribution in [1.29, 1.82) is 0 Å². The number of rotatable bonds is 4. The van der Waals surface area contributed by atoms with Gasteiger partial charge in [-0.3, -0.25) is 14.9 Å². The van der Waals surface area contributed by atoms with Gasteiger partial charge in [-0.15, -0.1) is 0 Å². The second-order valence-corrected chi connectivity index (χ2v) is 6.17. The van der Waals surface area contributed by atoms with Crippen molar-refractivity contribution in [3.63, 3.8) is 0 Å². The molecule has 0 atom stereocenters. The molecule has 7 heteroatoms. The van der Waals surface area contributed by atoms with E-state index in [1.807, 2.05) is 25.1 Å². The summed E-state index contributed by atoms with van der Waals surface area (Å²) in [4.78, 5) is 22.5. The summed E-state index contributed by atoms with van der Waals surface area (Å²) in [6, 6.07) is 8.54. The summed E-state index contributed by atoms with van der Waals surface area (Å²) < 4.78 is 0.915. The summed E-state index contributed by atoms with van der Waals surface area (Å²) in [5.41, 5.74) is 1.76. The van der Waals surface area contributed by atoms with Crippen LogP contribution in [0.5, 0.6) is 0 Å². The number of nitrogens with one attached hydrogen (secondary N) is 1. The highest BCUT2D eigenvalue weighted by molar-refractivity contribution is 9.10. The molecule has 108 valence electrons. The number of halogens is 1. The zero-order chi connectivity index (χ0) is 15.4. The predicted octanol–water partition coefficient (Wildman–Crippen LogP) is 4.38. The molecule has 5 nitrogen and oxygen atoms in total. The van der Waals surface area contributed by atoms with Crippen LogP contribution >= 0.6 is 27.3 Å². The van der Waals surface area contributed by atoms with Gasteiger partial charge in [0.15, 0.2) is 0 Å². The number of benzene rings is 1. The Labute approximate surface area is 133 Å². The minimum atomic E-state index is -0.452. The first-order valence-electron chi connectivity index (χ1n) is 5.95. The summed E-state index contributed by atoms with van der Waals surface area (Å²) in [6.45, 7) is 1.96. The third kappa shape index (κ3) is 4.24. The van der Waals surface area contributed by atoms with Gasteiger partial charge in [-0.05, 0) is 36.8 Å². The largest absolute Gasteiger partial charge is 0.324 e. The van der Waals surface area contributed by atoms with Gasteiger partial charge in [0.1, 0.15) is 0 Å². The minimum absolute atomic E-state index is 0.0533. The maximum Gasteiger partial charge on any atom is 0.324 e. The number of thiophene rings is 1. The maximum atomic E-state index is 11.8. The maximum absolute atomic E-state index is 11.8. The highest BCUT2D eigenvalue weighted by atomic mass is 79.9. The molecule has 0 aliphatic carbocycles. The summed E-state index contributed by atoms with van der Waals surface area (Å²) in [7, 11) is 0. The van der Waals surface area contributed by atoms with E-state index < -0.39 is 4.92 Å². The molecule has 1 amide bonds. The van der Waals surface area contributed by atoms with Gasteiger partial charge in [0.2, 0.25) is 5.91 Å². The molecule has 0 aliphatic heterocycles. The lowest BCUT2D eigenvalue weighted by Gasteiger charge is -2.04. The van der Waals surface area contributed by atoms with Crippen molar-refractivity contribution in [3.8, 4) is 0 Å². The number of hydrogen-bond donors (Lipinski definition) is 1. The number of aryl methyl sites for hydroxylation is 1. The van der Waals surface area contributed by atoms with E-state index in [9.17, 15) is 14.9 Å². The Bertz CT molecular complexity index is 725. The van der Waals surface area contributed by atoms with Crippen LogP contribution in [0, 0.1) is 17.0 Å². The molecule has 0 saturated heterocycles. The summed E-state index contributed by atoms with van der Waals surface area (Å²) in [5.74, 6) is -0.290. The van der Waals surface area contributed by atoms with Crippen LogP contribution in [-0.4, -0.2) is 10.8 Å². The van der Waals surface area contributed by atoms with Gasteiger partial charge in [-0.1, -0.05) is 33.3 Å². The Morgan fingerprint density at radius 3 is 2.76 bits per heavy atom. The molecular formula is C14H11BrN2O3S. The molecule has 1 heterocycles. The Kier molecular flexibility index (Phi) is 4.87. The molecule has 0 radical (unpaired) electrons. The van der Waals surface area contributed by atoms with E-state index >= 15 is 0 Å². The predicted molar refractivity (Wildman–Crippen MR) is 87.5 cm³/mol. The summed E-state index contributed by atoms with van der Waals surface area (Å²) in [5, 5.41) is 13.3. The van der Waals surface area contributed by atoms with Crippen molar-refractivity contribution in [2.24, 2.45) is 0 Å². The van der Waals surface area contributed by atoms with Crippen molar-refractivity contribution in [3.05, 3.63) is 61.4 Å². The first-order chi connectivity index (χ1) is 9.95. The van der Waals surface area contributed by atoms with E-state index in [2.05, 4.69) is 21.2 Å². The molecule has 21 heavy (non-hydrogen) atoms. The molecule has 2 aromatic rings. The second kappa shape index (κ2) is 6.64. The molecule has 2 rings (SSSR count). The molecule has 0 spiro atoms. The third-order valence-corrected chi connectivity index (χ3v) is 4.49. The van der Waals surface area contributed by atoms with E-state index in [4.69, 9.17) is 0 Å². The molecular weight excluding hydrogens is 356 g/mol. The summed E-state index contributed by atoms with van der Waals surface area (Å²) >= 11 is 4.42. The van der Waals surface area contributed by atoms with Crippen LogP contribution in [0.25, 0.3) is 6.08 Å². The number of nitrogens with zero attached hydrogens (tertiary/aromatic N) is 1. The Balaban J connectivity index is 2.01. The number of amides is 1. The molecule has 0 bridgehead atoms. The smallest absolute Gasteiger partial charge is 0.322 e. The molecule has 0 unspecified atom stereocenters. The zero-order valence-corrected chi connectivity index (χ0v) is 13.4. The SMILES string of the molecule is Cc1ccc(NC(=O)/C=C/c2ccc([N+](=O)[O-])s2)cc1Br. The Hall–Kier alpha value is -1.99. The van der Waals surface area contributed by atoms with Crippen molar-refractivity contribution in [1.82, 2.24) is 0 Å². The fourth-order valence-electron chi connectivity index (χ4n) is 1.54. The van der Waals surface area contributed by atoms with Gasteiger partial charge in [-0.25, -0.2) is 0 Å². The highest BCUT2D eigenvalue weighted by Gasteiger charge is 2.08. The van der Waals surface area contributed by atoms with Crippen molar-refractivity contribution in [2.45, 2.75) is 6.92 Å². The van der Waals surface area contributed by atoms with E-state index in [1.54, 1.807) is 12.1 Å². The fourth-order valence-corrected chi connectivity index (χ4v) is 2.65. The first kappa shape index (κ1) is 15.4. The molecule has 0 fully saturated rings. The van der Waals surface area contributed by atoms with E-state index in [0.717, 1.165) is 21.4 Å². The van der Waals surface area contributed by atoms with Crippen molar-refractivity contribution >= 4 is 49.9 Å². The van der Waals surface area contributed by atoms with Gasteiger partial charge < -0.3 is 5.32 Å². The van der Waals surface area contributed by atoms with Crippen LogP contribution in [0.15, 0.2) is 40.9 Å². The Morgan fingerprint density at radius 2 is 2.14 bits per heavy atom. The lowest BCUT2D eigenvalue weighted by Crippen LogP contribution is -2.07. The van der Waals surface area contributed by atoms with E-state index in [0.29, 0.717) is 10.6 Å². The highest BCUT2D eigenvalue weighted by Crippen LogP contribution is 2.25. The Morgan fingerprint density at radius 1 is 1.38 bits per heavy atom. The second-order valence-electron chi connectivity index (χ2n) is 4.22. The topological polar surface area (TPSA) is 72.2 Å². The van der Waals surface area contributed by atoms with Gasteiger partial charge in [0, 0.05) is 27.2 Å². The van der Waals surface area contributed by atoms with Gasteiger partial charge >= 0.3 is 5.00 Å². The number of hydrogen-bond acceptors (Lipinski definition) is 4. The van der Waals surface area contributed by atoms with Crippen LogP contribution < -0.4 is 5.32 Å². The quantitative estimate of drug-likeness (QED) is 0.495. The van der Waals surface area contributed by atoms with Gasteiger partial charge in [-0.2, -0.15) is 0 Å². The lowest BCUT2D eigenvalue weighted by molar-refractivity contribution is -0.380. The normalized spacial score (nSPS) is 10.8. The van der Waals surface area contributed by atoms with E-state index in [-0.39, 0.29) is 10.9 Å². The fraction of sp³-hybridized carbons (Fsp3) is 0.0714. The third-order valence-electron chi connectivity index (χ3n) is 2.63. The molecule has 1 aromatic heterocycles. The zero-order valence-electron chi connectivity index (χ0n) is 11.0. The van der Waals surface area contributed by atoms with Crippen LogP contribution in [0.1, 0.15) is 10.4 Å². The van der Waals surface area contributed by atoms with Crippen LogP contribution in [0.3, 0.4) is 0 Å². The molecule has 0 saturated carbocycles. The van der Waals surface area contributed by atoms with Crippen molar-refractivity contribution < 1.29 is 9.72 Å². The number of nitro groups is 1. The lowest BCUT2D eigenvalue weighted by atomic mass is 10.2. The number of carbonyl (C=O) groups is 1. The number of anilines is 1. The monoisotopic (exact) mass is 366 g/mol. The van der Waals surface area contributed by atoms with Crippen LogP contribution in [0.4, 0.5) is 10.7 Å².